The van der Waals surface area contributed by atoms with Crippen LogP contribution in [0.5, 0.6) is 0 Å². The summed E-state index contributed by atoms with van der Waals surface area (Å²) < 4.78 is 0. The third-order valence-corrected chi connectivity index (χ3v) is 4.03. The van der Waals surface area contributed by atoms with E-state index in [9.17, 15) is 5.26 Å². The largest absolute Gasteiger partial charge is 0.345 e. The average Bonchev–Trinajstić information content (AvgIpc) is 2.73. The van der Waals surface area contributed by atoms with Crippen LogP contribution in [0.15, 0.2) is 0 Å². The Balaban J connectivity index is 2.23. The summed E-state index contributed by atoms with van der Waals surface area (Å²) in [6.07, 6.45) is 6.50. The molecule has 1 saturated carbocycles. The Hall–Kier alpha value is -1.30. The molecule has 1 atom stereocenters. The van der Waals surface area contributed by atoms with Crippen molar-refractivity contribution >= 4 is 0 Å². The van der Waals surface area contributed by atoms with E-state index >= 15 is 0 Å². The molecule has 3 heteroatoms. The fourth-order valence-corrected chi connectivity index (χ4v) is 2.94. The lowest BCUT2D eigenvalue weighted by Crippen LogP contribution is -2.08. The number of hydrogen-bond donors (Lipinski definition) is 1. The van der Waals surface area contributed by atoms with Gasteiger partial charge in [0.1, 0.15) is 11.7 Å². The molecule has 0 amide bonds. The number of nitrogens with one attached hydrogen (secondary N) is 1. The van der Waals surface area contributed by atoms with E-state index in [1.54, 1.807) is 0 Å². The summed E-state index contributed by atoms with van der Waals surface area (Å²) in [6.45, 7) is 6.24. The van der Waals surface area contributed by atoms with Crippen LogP contribution in [0.3, 0.4) is 0 Å². The highest BCUT2D eigenvalue weighted by molar-refractivity contribution is 5.22. The maximum Gasteiger partial charge on any atom is 0.124 e. The Morgan fingerprint density at radius 3 is 2.50 bits per heavy atom. The van der Waals surface area contributed by atoms with E-state index in [4.69, 9.17) is 4.98 Å². The Labute approximate surface area is 110 Å². The fraction of sp³-hybridized carbons (Fsp3) is 0.733. The average molecular weight is 245 g/mol. The van der Waals surface area contributed by atoms with Gasteiger partial charge >= 0.3 is 0 Å². The molecule has 98 valence electrons. The number of nitrogens with zero attached hydrogens (tertiary/aromatic N) is 2. The van der Waals surface area contributed by atoms with Gasteiger partial charge in [0.05, 0.1) is 11.8 Å². The second kappa shape index (κ2) is 5.56. The molecule has 0 radical (unpaired) electrons. The lowest BCUT2D eigenvalue weighted by molar-refractivity contribution is 0.435. The fourth-order valence-electron chi connectivity index (χ4n) is 2.94. The standard InChI is InChI=1S/C15H23N3/c1-10(2)13(9-16)15-17-11(3)14(18-15)12-7-5-4-6-8-12/h10,12-13H,4-8H2,1-3H3,(H,17,18). The number of imidazole rings is 1. The van der Waals surface area contributed by atoms with E-state index in [1.807, 2.05) is 0 Å². The molecule has 0 spiro atoms. The van der Waals surface area contributed by atoms with Crippen LogP contribution < -0.4 is 0 Å². The van der Waals surface area contributed by atoms with Crippen molar-refractivity contribution in [2.24, 2.45) is 5.92 Å². The van der Waals surface area contributed by atoms with Crippen molar-refractivity contribution < 1.29 is 0 Å². The number of aromatic nitrogens is 2. The molecule has 0 bridgehead atoms. The molecule has 1 fully saturated rings. The number of aryl methyl sites for hydroxylation is 1. The molecule has 0 saturated heterocycles. The molecule has 1 aromatic heterocycles. The topological polar surface area (TPSA) is 52.5 Å². The first-order valence-electron chi connectivity index (χ1n) is 7.09. The van der Waals surface area contributed by atoms with Crippen LogP contribution in [0, 0.1) is 24.2 Å². The summed E-state index contributed by atoms with van der Waals surface area (Å²) in [5.41, 5.74) is 2.38. The third-order valence-electron chi connectivity index (χ3n) is 4.03. The van der Waals surface area contributed by atoms with Crippen molar-refractivity contribution in [1.29, 1.82) is 5.26 Å². The number of aromatic amines is 1. The van der Waals surface area contributed by atoms with Crippen molar-refractivity contribution in [2.75, 3.05) is 0 Å². The van der Waals surface area contributed by atoms with Crippen LogP contribution in [0.2, 0.25) is 0 Å². The van der Waals surface area contributed by atoms with Crippen LogP contribution in [0.1, 0.15) is 75.0 Å². The molecule has 0 aliphatic heterocycles. The first kappa shape index (κ1) is 13.1. The SMILES string of the molecule is Cc1[nH]c(C(C#N)C(C)C)nc1C1CCCCC1. The minimum Gasteiger partial charge on any atom is -0.345 e. The van der Waals surface area contributed by atoms with Crippen molar-refractivity contribution in [3.05, 3.63) is 17.2 Å². The van der Waals surface area contributed by atoms with E-state index in [1.165, 1.54) is 37.8 Å². The second-order valence-corrected chi connectivity index (χ2v) is 5.82. The molecule has 1 aliphatic carbocycles. The molecule has 1 unspecified atom stereocenters. The van der Waals surface area contributed by atoms with Crippen LogP contribution in [-0.4, -0.2) is 9.97 Å². The zero-order chi connectivity index (χ0) is 13.1. The minimum atomic E-state index is -0.110. The minimum absolute atomic E-state index is 0.110. The molecule has 1 aliphatic rings. The van der Waals surface area contributed by atoms with Crippen molar-refractivity contribution in [3.8, 4) is 6.07 Å². The molecule has 1 N–H and O–H groups in total. The maximum atomic E-state index is 9.25. The molecule has 3 nitrogen and oxygen atoms in total. The van der Waals surface area contributed by atoms with E-state index in [2.05, 4.69) is 31.8 Å². The molecular formula is C15H23N3. The quantitative estimate of drug-likeness (QED) is 0.874. The van der Waals surface area contributed by atoms with E-state index < -0.39 is 0 Å². The molecule has 18 heavy (non-hydrogen) atoms. The summed E-state index contributed by atoms with van der Waals surface area (Å²) in [6, 6.07) is 2.37. The molecule has 1 heterocycles. The summed E-state index contributed by atoms with van der Waals surface area (Å²) in [7, 11) is 0. The van der Waals surface area contributed by atoms with E-state index in [-0.39, 0.29) is 5.92 Å². The van der Waals surface area contributed by atoms with Gasteiger partial charge < -0.3 is 4.98 Å². The zero-order valence-electron chi connectivity index (χ0n) is 11.7. The van der Waals surface area contributed by atoms with Gasteiger partial charge in [-0.2, -0.15) is 5.26 Å². The second-order valence-electron chi connectivity index (χ2n) is 5.82. The Morgan fingerprint density at radius 2 is 1.94 bits per heavy atom. The predicted molar refractivity (Wildman–Crippen MR) is 72.3 cm³/mol. The molecule has 1 aromatic rings. The Bertz CT molecular complexity index is 433. The van der Waals surface area contributed by atoms with Gasteiger partial charge in [-0.1, -0.05) is 33.1 Å². The van der Waals surface area contributed by atoms with Crippen LogP contribution in [0.4, 0.5) is 0 Å². The number of H-pyrrole nitrogens is 1. The normalized spacial score (nSPS) is 18.8. The van der Waals surface area contributed by atoms with Gasteiger partial charge in [0, 0.05) is 11.6 Å². The first-order valence-corrected chi connectivity index (χ1v) is 7.09. The van der Waals surface area contributed by atoms with Gasteiger partial charge in [-0.3, -0.25) is 0 Å². The lowest BCUT2D eigenvalue weighted by atomic mass is 9.86. The summed E-state index contributed by atoms with van der Waals surface area (Å²) >= 11 is 0. The van der Waals surface area contributed by atoms with Gasteiger partial charge in [0.15, 0.2) is 0 Å². The number of nitriles is 1. The lowest BCUT2D eigenvalue weighted by Gasteiger charge is -2.20. The van der Waals surface area contributed by atoms with Gasteiger partial charge in [0.2, 0.25) is 0 Å². The number of hydrogen-bond acceptors (Lipinski definition) is 2. The summed E-state index contributed by atoms with van der Waals surface area (Å²) in [5, 5.41) is 9.25. The Morgan fingerprint density at radius 1 is 1.28 bits per heavy atom. The highest BCUT2D eigenvalue weighted by Crippen LogP contribution is 2.34. The van der Waals surface area contributed by atoms with Crippen LogP contribution in [0.25, 0.3) is 0 Å². The molecule has 2 rings (SSSR count). The molecular weight excluding hydrogens is 222 g/mol. The summed E-state index contributed by atoms with van der Waals surface area (Å²) in [4.78, 5) is 8.09. The Kier molecular flexibility index (Phi) is 4.06. The van der Waals surface area contributed by atoms with Crippen LogP contribution >= 0.6 is 0 Å². The third kappa shape index (κ3) is 2.58. The highest BCUT2D eigenvalue weighted by atomic mass is 14.9. The van der Waals surface area contributed by atoms with Crippen molar-refractivity contribution in [1.82, 2.24) is 9.97 Å². The monoisotopic (exact) mass is 245 g/mol. The van der Waals surface area contributed by atoms with Crippen molar-refractivity contribution in [3.63, 3.8) is 0 Å². The van der Waals surface area contributed by atoms with Crippen molar-refractivity contribution in [2.45, 2.75) is 64.7 Å². The first-order chi connectivity index (χ1) is 8.63. The van der Waals surface area contributed by atoms with Crippen LogP contribution in [-0.2, 0) is 0 Å². The predicted octanol–water partition coefficient (Wildman–Crippen LogP) is 4.03. The summed E-state index contributed by atoms with van der Waals surface area (Å²) in [5.74, 6) is 1.67. The van der Waals surface area contributed by atoms with Gasteiger partial charge in [-0.25, -0.2) is 4.98 Å². The molecule has 0 aromatic carbocycles. The van der Waals surface area contributed by atoms with Gasteiger partial charge in [0.25, 0.3) is 0 Å². The number of rotatable bonds is 3. The van der Waals surface area contributed by atoms with Gasteiger partial charge in [-0.05, 0) is 25.7 Å². The van der Waals surface area contributed by atoms with E-state index in [0.29, 0.717) is 11.8 Å². The van der Waals surface area contributed by atoms with Gasteiger partial charge in [-0.15, -0.1) is 0 Å². The maximum absolute atomic E-state index is 9.25. The zero-order valence-corrected chi connectivity index (χ0v) is 11.7. The smallest absolute Gasteiger partial charge is 0.124 e. The van der Waals surface area contributed by atoms with E-state index in [0.717, 1.165) is 11.5 Å². The highest BCUT2D eigenvalue weighted by Gasteiger charge is 2.24.